The molecule has 0 spiro atoms. The molecule has 0 saturated carbocycles. The van der Waals surface area contributed by atoms with Gasteiger partial charge in [0.05, 0.1) is 36.9 Å². The van der Waals surface area contributed by atoms with Crippen molar-refractivity contribution in [3.63, 3.8) is 0 Å². The number of halogens is 1. The first-order valence-corrected chi connectivity index (χ1v) is 10.9. The minimum Gasteiger partial charge on any atom is -0.442 e. The molecular formula is C20H25FN5O3S2+. The van der Waals surface area contributed by atoms with Crippen LogP contribution in [0.4, 0.5) is 25.4 Å². The smallest absolute Gasteiger partial charge is 0.414 e. The molecule has 1 aromatic rings. The number of nitriles is 1. The van der Waals surface area contributed by atoms with E-state index in [1.165, 1.54) is 11.0 Å². The second-order valence-electron chi connectivity index (χ2n) is 7.83. The first-order chi connectivity index (χ1) is 14.7. The van der Waals surface area contributed by atoms with Gasteiger partial charge in [-0.05, 0) is 18.9 Å². The Labute approximate surface area is 191 Å². The summed E-state index contributed by atoms with van der Waals surface area (Å²) in [6.07, 6.45) is 2.68. The van der Waals surface area contributed by atoms with E-state index in [4.69, 9.17) is 17.0 Å². The summed E-state index contributed by atoms with van der Waals surface area (Å²) in [7, 11) is 0. The maximum absolute atomic E-state index is 15.1. The van der Waals surface area contributed by atoms with Gasteiger partial charge in [-0.25, -0.2) is 9.18 Å². The van der Waals surface area contributed by atoms with Crippen LogP contribution in [0.5, 0.6) is 0 Å². The summed E-state index contributed by atoms with van der Waals surface area (Å²) in [6.45, 7) is 3.79. The van der Waals surface area contributed by atoms with E-state index in [9.17, 15) is 14.9 Å². The van der Waals surface area contributed by atoms with Crippen molar-refractivity contribution in [3.05, 3.63) is 24.0 Å². The number of hydrogen-bond acceptors (Lipinski definition) is 5. The molecule has 0 unspecified atom stereocenters. The molecule has 3 rings (SSSR count). The molecule has 8 nitrogen and oxygen atoms in total. The van der Waals surface area contributed by atoms with Crippen LogP contribution >= 0.6 is 24.8 Å². The number of anilines is 1. The van der Waals surface area contributed by atoms with Crippen molar-refractivity contribution < 1.29 is 18.7 Å². The second-order valence-corrected chi connectivity index (χ2v) is 8.85. The van der Waals surface area contributed by atoms with Crippen LogP contribution in [0, 0.1) is 23.2 Å². The molecule has 2 amide bonds. The lowest BCUT2D eigenvalue weighted by Crippen LogP contribution is -2.52. The maximum atomic E-state index is 15.1. The quantitative estimate of drug-likeness (QED) is 0.258. The molecule has 2 aliphatic rings. The number of carbonyl (C=O) groups excluding carboxylic acids is 2. The number of nitrogens with one attached hydrogen (secondary N) is 2. The lowest BCUT2D eigenvalue weighted by Gasteiger charge is -2.36. The number of hydrogen-bond donors (Lipinski definition) is 3. The molecule has 2 fully saturated rings. The monoisotopic (exact) mass is 466 g/mol. The summed E-state index contributed by atoms with van der Waals surface area (Å²) >= 11 is 8.66. The third kappa shape index (κ3) is 5.44. The summed E-state index contributed by atoms with van der Waals surface area (Å²) in [6, 6.07) is 4.50. The highest BCUT2D eigenvalue weighted by Gasteiger charge is 2.40. The fraction of sp³-hybridized carbons (Fsp3) is 0.500. The highest BCUT2D eigenvalue weighted by molar-refractivity contribution is 7.96. The number of amides is 2. The Hall–Kier alpha value is -2.42. The van der Waals surface area contributed by atoms with E-state index < -0.39 is 11.9 Å². The van der Waals surface area contributed by atoms with Crippen molar-refractivity contribution in [2.75, 3.05) is 37.6 Å². The number of thiol groups is 1. The van der Waals surface area contributed by atoms with Crippen molar-refractivity contribution in [3.8, 4) is 6.19 Å². The van der Waals surface area contributed by atoms with Crippen LogP contribution in [0.15, 0.2) is 18.2 Å². The lowest BCUT2D eigenvalue weighted by atomic mass is 9.94. The largest absolute Gasteiger partial charge is 0.442 e. The van der Waals surface area contributed by atoms with E-state index in [-0.39, 0.29) is 34.0 Å². The van der Waals surface area contributed by atoms with Crippen molar-refractivity contribution in [1.82, 2.24) is 15.1 Å². The third-order valence-corrected chi connectivity index (χ3v) is 6.03. The van der Waals surface area contributed by atoms with Gasteiger partial charge in [0.15, 0.2) is 11.5 Å². The standard InChI is InChI=1S/C20H24FN5O3S2/c1-13(30)23-10-16-11-25(20(28)29-16)15-2-3-18(17(21)8-15)26(12-22)6-4-14(5-7-26)9-24-19(27)31/h2-3,8,14,16H,4-7,9-11H2,1H3,(H2-,23,24,27,30,31)/p+1/t14?,16-,26?/m0/s1. The number of likely N-dealkylation sites (tertiary alicyclic amines) is 1. The summed E-state index contributed by atoms with van der Waals surface area (Å²) in [5.41, 5.74) is 0.667. The first-order valence-electron chi connectivity index (χ1n) is 10.0. The van der Waals surface area contributed by atoms with E-state index in [1.807, 2.05) is 0 Å². The zero-order valence-corrected chi connectivity index (χ0v) is 18.8. The number of benzene rings is 1. The number of rotatable bonds is 6. The van der Waals surface area contributed by atoms with Crippen LogP contribution in [0.2, 0.25) is 0 Å². The molecule has 31 heavy (non-hydrogen) atoms. The molecule has 0 aromatic heterocycles. The summed E-state index contributed by atoms with van der Waals surface area (Å²) in [5.74, 6) is -0.316. The van der Waals surface area contributed by atoms with Crippen molar-refractivity contribution in [1.29, 1.82) is 5.26 Å². The zero-order valence-electron chi connectivity index (χ0n) is 17.1. The predicted octanol–water partition coefficient (Wildman–Crippen LogP) is 2.93. The van der Waals surface area contributed by atoms with Gasteiger partial charge in [0, 0.05) is 31.5 Å². The number of cyclic esters (lactones) is 1. The van der Waals surface area contributed by atoms with Gasteiger partial charge in [-0.2, -0.15) is 4.48 Å². The summed E-state index contributed by atoms with van der Waals surface area (Å²) in [4.78, 5) is 25.2. The van der Waals surface area contributed by atoms with E-state index >= 15 is 4.39 Å². The van der Waals surface area contributed by atoms with Crippen molar-refractivity contribution >= 4 is 52.5 Å². The van der Waals surface area contributed by atoms with E-state index in [0.717, 1.165) is 0 Å². The van der Waals surface area contributed by atoms with Crippen LogP contribution in [0.1, 0.15) is 19.8 Å². The van der Waals surface area contributed by atoms with Crippen LogP contribution in [-0.4, -0.2) is 55.1 Å². The molecule has 2 N–H and O–H groups in total. The van der Waals surface area contributed by atoms with Gasteiger partial charge >= 0.3 is 12.3 Å². The fourth-order valence-electron chi connectivity index (χ4n) is 4.00. The Balaban J connectivity index is 1.70. The molecule has 1 aromatic carbocycles. The Bertz CT molecular complexity index is 915. The number of carbonyl (C=O) groups is 2. The van der Waals surface area contributed by atoms with E-state index in [1.54, 1.807) is 19.1 Å². The lowest BCUT2D eigenvalue weighted by molar-refractivity contribution is 0.143. The van der Waals surface area contributed by atoms with Gasteiger partial charge in [-0.3, -0.25) is 9.69 Å². The zero-order chi connectivity index (χ0) is 22.6. The van der Waals surface area contributed by atoms with Gasteiger partial charge in [-0.1, -0.05) is 24.8 Å². The Kier molecular flexibility index (Phi) is 7.35. The number of piperidine rings is 1. The van der Waals surface area contributed by atoms with Gasteiger partial charge in [0.2, 0.25) is 0 Å². The predicted molar refractivity (Wildman–Crippen MR) is 123 cm³/mol. The van der Waals surface area contributed by atoms with E-state index in [2.05, 4.69) is 29.5 Å². The van der Waals surface area contributed by atoms with Crippen molar-refractivity contribution in [2.45, 2.75) is 25.9 Å². The van der Waals surface area contributed by atoms with Crippen LogP contribution < -0.4 is 20.0 Å². The fourth-order valence-corrected chi connectivity index (χ4v) is 4.17. The van der Waals surface area contributed by atoms with E-state index in [0.29, 0.717) is 49.7 Å². The number of nitrogens with zero attached hydrogens (tertiary/aromatic N) is 3. The molecular weight excluding hydrogens is 441 g/mol. The van der Waals surface area contributed by atoms with Gasteiger partial charge in [-0.15, -0.1) is 5.26 Å². The normalized spacial score (nSPS) is 25.5. The Morgan fingerprint density at radius 2 is 2.10 bits per heavy atom. The molecule has 166 valence electrons. The van der Waals surface area contributed by atoms with Crippen molar-refractivity contribution in [2.24, 2.45) is 5.92 Å². The highest BCUT2D eigenvalue weighted by Crippen LogP contribution is 2.35. The number of ether oxygens (including phenoxy) is 1. The third-order valence-electron chi connectivity index (χ3n) is 5.73. The summed E-state index contributed by atoms with van der Waals surface area (Å²) in [5, 5.41) is 15.1. The molecule has 0 bridgehead atoms. The summed E-state index contributed by atoms with van der Waals surface area (Å²) < 4.78 is 20.3. The SMILES string of the molecule is CC(=S)NC[C@H]1CN(c2ccc([N+]3(C#N)CCC(CNC(=O)S)CC3)c(F)c2)C(=O)O1. The number of quaternary nitrogens is 1. The molecule has 0 aliphatic carbocycles. The first kappa shape index (κ1) is 23.2. The Morgan fingerprint density at radius 1 is 1.39 bits per heavy atom. The molecule has 11 heteroatoms. The highest BCUT2D eigenvalue weighted by atomic mass is 32.1. The molecule has 1 atom stereocenters. The van der Waals surface area contributed by atoms with Gasteiger partial charge < -0.3 is 15.4 Å². The molecule has 2 heterocycles. The molecule has 0 radical (unpaired) electrons. The van der Waals surface area contributed by atoms with Gasteiger partial charge in [0.25, 0.3) is 5.24 Å². The Morgan fingerprint density at radius 3 is 2.68 bits per heavy atom. The number of thiocarbonyl (C=S) groups is 1. The minimum atomic E-state index is -0.544. The molecule has 2 saturated heterocycles. The van der Waals surface area contributed by atoms with Crippen LogP contribution in [-0.2, 0) is 4.74 Å². The maximum Gasteiger partial charge on any atom is 0.414 e. The van der Waals surface area contributed by atoms with Gasteiger partial charge in [0.1, 0.15) is 6.10 Å². The average molecular weight is 467 g/mol. The molecule has 2 aliphatic heterocycles. The van der Waals surface area contributed by atoms with Crippen LogP contribution in [0.25, 0.3) is 0 Å². The topological polar surface area (TPSA) is 94.5 Å². The van der Waals surface area contributed by atoms with Crippen LogP contribution in [0.3, 0.4) is 0 Å². The minimum absolute atomic E-state index is 0.137. The second kappa shape index (κ2) is 9.80. The average Bonchev–Trinajstić information content (AvgIpc) is 3.11.